The van der Waals surface area contributed by atoms with Crippen molar-refractivity contribution in [1.29, 1.82) is 0 Å². The number of allylic oxidation sites excluding steroid dienone is 4. The second kappa shape index (κ2) is 3.18. The Morgan fingerprint density at radius 1 is 1.00 bits per heavy atom. The molecular weight excluding hydrogens is 248 g/mol. The Kier molecular flexibility index (Phi) is 1.82. The average molecular weight is 268 g/mol. The minimum absolute atomic E-state index is 0.00291. The van der Waals surface area contributed by atoms with Gasteiger partial charge in [-0.15, -0.1) is 0 Å². The molecule has 0 spiro atoms. The molecule has 0 aromatic carbocycles. The van der Waals surface area contributed by atoms with Gasteiger partial charge in [0.2, 0.25) is 0 Å². The highest BCUT2D eigenvalue weighted by Gasteiger charge is 2.64. The molecule has 2 nitrogen and oxygen atoms in total. The molecule has 2 fully saturated rings. The molecule has 104 valence electrons. The van der Waals surface area contributed by atoms with Crippen LogP contribution in [0.2, 0.25) is 0 Å². The molecular formula is C18H20O2. The number of hydrogen-bond donors (Lipinski definition) is 0. The van der Waals surface area contributed by atoms with Crippen LogP contribution in [0.3, 0.4) is 0 Å². The summed E-state index contributed by atoms with van der Waals surface area (Å²) in [5.74, 6) is 2.73. The van der Waals surface area contributed by atoms with Crippen LogP contribution in [0.25, 0.3) is 0 Å². The number of hydrogen-bond acceptors (Lipinski definition) is 2. The fourth-order valence-electron chi connectivity index (χ4n) is 6.24. The zero-order valence-electron chi connectivity index (χ0n) is 12.1. The lowest BCUT2D eigenvalue weighted by Crippen LogP contribution is -2.52. The van der Waals surface area contributed by atoms with Gasteiger partial charge in [0.1, 0.15) is 0 Å². The molecule has 6 aliphatic carbocycles. The van der Waals surface area contributed by atoms with Crippen molar-refractivity contribution in [2.24, 2.45) is 40.9 Å². The molecule has 4 bridgehead atoms. The maximum Gasteiger partial charge on any atom is 0.160 e. The van der Waals surface area contributed by atoms with Crippen molar-refractivity contribution >= 4 is 11.6 Å². The first-order valence-corrected chi connectivity index (χ1v) is 7.98. The van der Waals surface area contributed by atoms with E-state index in [1.165, 1.54) is 18.9 Å². The third-order valence-corrected chi connectivity index (χ3v) is 7.36. The molecule has 0 unspecified atom stereocenters. The topological polar surface area (TPSA) is 34.1 Å². The van der Waals surface area contributed by atoms with Crippen LogP contribution in [0.4, 0.5) is 0 Å². The van der Waals surface area contributed by atoms with Gasteiger partial charge in [-0.3, -0.25) is 9.59 Å². The molecule has 0 radical (unpaired) electrons. The maximum atomic E-state index is 12.3. The summed E-state index contributed by atoms with van der Waals surface area (Å²) in [6.07, 6.45) is 6.69. The molecule has 6 aliphatic rings. The quantitative estimate of drug-likeness (QED) is 0.633. The lowest BCUT2D eigenvalue weighted by atomic mass is 9.45. The second-order valence-corrected chi connectivity index (χ2v) is 8.13. The third-order valence-electron chi connectivity index (χ3n) is 7.36. The Bertz CT molecular complexity index is 621. The fourth-order valence-corrected chi connectivity index (χ4v) is 6.24. The lowest BCUT2D eigenvalue weighted by Gasteiger charge is -2.60. The molecule has 2 saturated carbocycles. The monoisotopic (exact) mass is 268 g/mol. The van der Waals surface area contributed by atoms with E-state index in [9.17, 15) is 9.59 Å². The molecule has 2 heteroatoms. The summed E-state index contributed by atoms with van der Waals surface area (Å²) in [4.78, 5) is 24.5. The van der Waals surface area contributed by atoms with Crippen molar-refractivity contribution in [3.8, 4) is 0 Å². The minimum Gasteiger partial charge on any atom is -0.294 e. The highest BCUT2D eigenvalue weighted by atomic mass is 16.1. The maximum absolute atomic E-state index is 12.3. The van der Waals surface area contributed by atoms with Gasteiger partial charge in [0, 0.05) is 11.8 Å². The predicted octanol–water partition coefficient (Wildman–Crippen LogP) is 2.94. The largest absolute Gasteiger partial charge is 0.294 e. The van der Waals surface area contributed by atoms with Gasteiger partial charge in [-0.2, -0.15) is 0 Å². The van der Waals surface area contributed by atoms with Crippen LogP contribution in [0, 0.1) is 40.9 Å². The molecule has 0 amide bonds. The Morgan fingerprint density at radius 3 is 2.30 bits per heavy atom. The van der Waals surface area contributed by atoms with Gasteiger partial charge in [0.15, 0.2) is 11.6 Å². The van der Waals surface area contributed by atoms with E-state index < -0.39 is 0 Å². The van der Waals surface area contributed by atoms with Crippen molar-refractivity contribution in [1.82, 2.24) is 0 Å². The second-order valence-electron chi connectivity index (χ2n) is 8.13. The van der Waals surface area contributed by atoms with Gasteiger partial charge >= 0.3 is 0 Å². The van der Waals surface area contributed by atoms with Crippen LogP contribution < -0.4 is 0 Å². The minimum atomic E-state index is -0.0100. The first-order valence-electron chi connectivity index (χ1n) is 7.98. The van der Waals surface area contributed by atoms with Crippen LogP contribution in [-0.2, 0) is 9.59 Å². The van der Waals surface area contributed by atoms with Crippen molar-refractivity contribution in [2.45, 2.75) is 33.1 Å². The zero-order chi connectivity index (χ0) is 13.8. The van der Waals surface area contributed by atoms with Gasteiger partial charge < -0.3 is 0 Å². The molecule has 0 aliphatic heterocycles. The number of carbonyl (C=O) groups is 2. The standard InChI is InChI=1S/C18H20O2/c1-18(2)8-5-9-10-7-11(15(9)12(18)6-8)17-14(20)4-3-13(19)16(10)17/h3-4,8,10-12,16-17H,5-7H2,1-2H3/t8-,10+,11+,12+,16-,17+/m0/s1. The summed E-state index contributed by atoms with van der Waals surface area (Å²) >= 11 is 0. The zero-order valence-corrected chi connectivity index (χ0v) is 12.1. The van der Waals surface area contributed by atoms with Crippen molar-refractivity contribution < 1.29 is 9.59 Å². The average Bonchev–Trinajstić information content (AvgIpc) is 2.99. The van der Waals surface area contributed by atoms with E-state index in [2.05, 4.69) is 13.8 Å². The number of rotatable bonds is 0. The fraction of sp³-hybridized carbons (Fsp3) is 0.667. The van der Waals surface area contributed by atoms with E-state index in [-0.39, 0.29) is 23.4 Å². The molecule has 20 heavy (non-hydrogen) atoms. The Morgan fingerprint density at radius 2 is 1.65 bits per heavy atom. The lowest BCUT2D eigenvalue weighted by molar-refractivity contribution is -0.130. The van der Waals surface area contributed by atoms with E-state index in [1.54, 1.807) is 17.2 Å². The first-order chi connectivity index (χ1) is 9.50. The molecule has 0 N–H and O–H groups in total. The van der Waals surface area contributed by atoms with E-state index in [4.69, 9.17) is 0 Å². The number of carbonyl (C=O) groups excluding carboxylic acids is 2. The van der Waals surface area contributed by atoms with Crippen LogP contribution in [-0.4, -0.2) is 11.6 Å². The Labute approximate surface area is 119 Å². The summed E-state index contributed by atoms with van der Waals surface area (Å²) in [7, 11) is 0. The SMILES string of the molecule is CC1(C)[C@H]2CC3=C([C@H]4C[C@H]3[C@H]3C(=O)C=CC(=O)[C@H]34)[C@H]1C2. The van der Waals surface area contributed by atoms with Gasteiger partial charge in [-0.05, 0) is 60.5 Å². The molecule has 6 rings (SSSR count). The smallest absolute Gasteiger partial charge is 0.160 e. The highest BCUT2D eigenvalue weighted by Crippen LogP contribution is 2.71. The van der Waals surface area contributed by atoms with Crippen LogP contribution >= 0.6 is 0 Å². The van der Waals surface area contributed by atoms with E-state index in [0.29, 0.717) is 23.2 Å². The van der Waals surface area contributed by atoms with Gasteiger partial charge in [0.25, 0.3) is 0 Å². The Balaban J connectivity index is 1.64. The van der Waals surface area contributed by atoms with E-state index >= 15 is 0 Å². The summed E-state index contributed by atoms with van der Waals surface area (Å²) in [6, 6.07) is 0. The number of fused-ring (bicyclic) bond motifs is 5. The molecule has 0 aromatic heterocycles. The summed E-state index contributed by atoms with van der Waals surface area (Å²) in [5, 5.41) is 0. The molecule has 0 saturated heterocycles. The normalized spacial score (nSPS) is 50.1. The first kappa shape index (κ1) is 11.5. The van der Waals surface area contributed by atoms with Gasteiger partial charge in [-0.25, -0.2) is 0 Å². The highest BCUT2D eigenvalue weighted by molar-refractivity contribution is 6.08. The van der Waals surface area contributed by atoms with Crippen LogP contribution in [0.15, 0.2) is 23.3 Å². The molecule has 6 atom stereocenters. The third kappa shape index (κ3) is 1.03. The van der Waals surface area contributed by atoms with Crippen LogP contribution in [0.5, 0.6) is 0 Å². The molecule has 0 aromatic rings. The van der Waals surface area contributed by atoms with Gasteiger partial charge in [-0.1, -0.05) is 25.0 Å². The Hall–Kier alpha value is -1.18. The predicted molar refractivity (Wildman–Crippen MR) is 74.8 cm³/mol. The van der Waals surface area contributed by atoms with Gasteiger partial charge in [0.05, 0.1) is 0 Å². The van der Waals surface area contributed by atoms with Crippen LogP contribution in [0.1, 0.15) is 33.1 Å². The van der Waals surface area contributed by atoms with E-state index in [1.807, 2.05) is 0 Å². The summed E-state index contributed by atoms with van der Waals surface area (Å²) in [6.45, 7) is 4.79. The summed E-state index contributed by atoms with van der Waals surface area (Å²) < 4.78 is 0. The van der Waals surface area contributed by atoms with Crippen molar-refractivity contribution in [3.05, 3.63) is 23.3 Å². The van der Waals surface area contributed by atoms with E-state index in [0.717, 1.165) is 12.3 Å². The summed E-state index contributed by atoms with van der Waals surface area (Å²) in [5.41, 5.74) is 3.66. The van der Waals surface area contributed by atoms with Crippen molar-refractivity contribution in [3.63, 3.8) is 0 Å². The number of ketones is 2. The van der Waals surface area contributed by atoms with Crippen molar-refractivity contribution in [2.75, 3.05) is 0 Å². The molecule has 0 heterocycles.